The Morgan fingerprint density at radius 3 is 2.53 bits per heavy atom. The Bertz CT molecular complexity index is 251. The van der Waals surface area contributed by atoms with Crippen molar-refractivity contribution in [2.45, 2.75) is 63.8 Å². The predicted octanol–water partition coefficient (Wildman–Crippen LogP) is 3.73. The molecule has 2 aliphatic rings. The maximum atomic E-state index is 12.2. The second-order valence-corrected chi connectivity index (χ2v) is 6.23. The summed E-state index contributed by atoms with van der Waals surface area (Å²) < 4.78 is 0. The molecule has 1 saturated heterocycles. The molecule has 0 N–H and O–H groups in total. The summed E-state index contributed by atoms with van der Waals surface area (Å²) in [6.45, 7) is 0.986. The van der Waals surface area contributed by atoms with Gasteiger partial charge in [-0.3, -0.25) is 4.79 Å². The van der Waals surface area contributed by atoms with Gasteiger partial charge >= 0.3 is 0 Å². The van der Waals surface area contributed by atoms with Gasteiger partial charge in [-0.1, -0.05) is 41.6 Å². The Balaban J connectivity index is 1.76. The van der Waals surface area contributed by atoms with E-state index in [0.29, 0.717) is 11.9 Å². The molecule has 1 unspecified atom stereocenters. The highest BCUT2D eigenvalue weighted by Gasteiger charge is 2.26. The molecule has 0 aromatic carbocycles. The summed E-state index contributed by atoms with van der Waals surface area (Å²) in [5.74, 6) is 1.24. The first-order chi connectivity index (χ1) is 8.31. The van der Waals surface area contributed by atoms with E-state index in [9.17, 15) is 4.79 Å². The van der Waals surface area contributed by atoms with E-state index in [0.717, 1.165) is 30.6 Å². The Morgan fingerprint density at radius 2 is 1.82 bits per heavy atom. The summed E-state index contributed by atoms with van der Waals surface area (Å²) in [7, 11) is 0. The second-order valence-electron chi connectivity index (χ2n) is 5.58. The minimum atomic E-state index is 0.404. The average molecular weight is 302 g/mol. The molecule has 0 radical (unpaired) electrons. The van der Waals surface area contributed by atoms with Gasteiger partial charge in [0.25, 0.3) is 0 Å². The van der Waals surface area contributed by atoms with Crippen LogP contribution in [0.3, 0.4) is 0 Å². The molecule has 3 heteroatoms. The van der Waals surface area contributed by atoms with E-state index in [2.05, 4.69) is 20.8 Å². The highest BCUT2D eigenvalue weighted by atomic mass is 79.9. The molecule has 2 nitrogen and oxygen atoms in total. The van der Waals surface area contributed by atoms with Crippen LogP contribution in [0.1, 0.15) is 57.8 Å². The summed E-state index contributed by atoms with van der Waals surface area (Å²) in [5.41, 5.74) is 0. The van der Waals surface area contributed by atoms with Crippen LogP contribution in [-0.2, 0) is 4.79 Å². The summed E-state index contributed by atoms with van der Waals surface area (Å²) in [4.78, 5) is 14.4. The molecule has 1 amide bonds. The molecule has 0 spiro atoms. The molecule has 1 saturated carbocycles. The molecular formula is C14H24BrNO. The zero-order chi connectivity index (χ0) is 12.1. The van der Waals surface area contributed by atoms with Gasteiger partial charge in [-0.05, 0) is 31.6 Å². The van der Waals surface area contributed by atoms with Gasteiger partial charge in [0.15, 0.2) is 0 Å². The lowest BCUT2D eigenvalue weighted by atomic mass is 9.99. The van der Waals surface area contributed by atoms with Crippen LogP contribution in [0.4, 0.5) is 0 Å². The van der Waals surface area contributed by atoms with Crippen LogP contribution in [0, 0.1) is 5.92 Å². The predicted molar refractivity (Wildman–Crippen MR) is 74.3 cm³/mol. The summed E-state index contributed by atoms with van der Waals surface area (Å²) in [5, 5.41) is 0.947. The van der Waals surface area contributed by atoms with Gasteiger partial charge in [0, 0.05) is 24.3 Å². The monoisotopic (exact) mass is 301 g/mol. The van der Waals surface area contributed by atoms with E-state index < -0.39 is 0 Å². The van der Waals surface area contributed by atoms with E-state index in [-0.39, 0.29) is 0 Å². The van der Waals surface area contributed by atoms with Crippen molar-refractivity contribution in [1.82, 2.24) is 4.90 Å². The van der Waals surface area contributed by atoms with Crippen molar-refractivity contribution in [1.29, 1.82) is 0 Å². The van der Waals surface area contributed by atoms with Crippen LogP contribution in [0.25, 0.3) is 0 Å². The fraction of sp³-hybridized carbons (Fsp3) is 0.929. The number of amides is 1. The molecule has 1 heterocycles. The number of carbonyl (C=O) groups excluding carboxylic acids is 1. The molecule has 1 atom stereocenters. The third-order valence-electron chi connectivity index (χ3n) is 4.37. The molecular weight excluding hydrogens is 278 g/mol. The van der Waals surface area contributed by atoms with Gasteiger partial charge in [0.05, 0.1) is 0 Å². The number of alkyl halides is 1. The molecule has 0 aromatic rings. The molecule has 2 rings (SSSR count). The zero-order valence-electron chi connectivity index (χ0n) is 10.7. The van der Waals surface area contributed by atoms with E-state index in [1.807, 2.05) is 0 Å². The van der Waals surface area contributed by atoms with E-state index in [1.165, 1.54) is 44.9 Å². The molecule has 0 aromatic heterocycles. The molecule has 0 bridgehead atoms. The molecule has 17 heavy (non-hydrogen) atoms. The Hall–Kier alpha value is -0.0500. The van der Waals surface area contributed by atoms with Gasteiger partial charge in [0.2, 0.25) is 5.91 Å². The van der Waals surface area contributed by atoms with Gasteiger partial charge in [-0.2, -0.15) is 0 Å². The quantitative estimate of drug-likeness (QED) is 0.725. The Labute approximate surface area is 113 Å². The Kier molecular flexibility index (Phi) is 5.33. The first-order valence-electron chi connectivity index (χ1n) is 7.16. The highest BCUT2D eigenvalue weighted by Crippen LogP contribution is 2.29. The third kappa shape index (κ3) is 3.70. The fourth-order valence-electron chi connectivity index (χ4n) is 3.26. The number of piperidine rings is 1. The number of nitrogens with zero attached hydrogens (tertiary/aromatic N) is 1. The molecule has 98 valence electrons. The number of halogens is 1. The summed E-state index contributed by atoms with van der Waals surface area (Å²) >= 11 is 3.54. The topological polar surface area (TPSA) is 20.3 Å². The number of rotatable bonds is 4. The normalized spacial score (nSPS) is 26.4. The van der Waals surface area contributed by atoms with Crippen LogP contribution < -0.4 is 0 Å². The standard InChI is InChI=1S/C14H24BrNO/c15-11-13-7-3-4-10-16(13)14(17)9-8-12-5-1-2-6-12/h12-13H,1-11H2. The van der Waals surface area contributed by atoms with Crippen LogP contribution in [0.5, 0.6) is 0 Å². The number of carbonyl (C=O) groups is 1. The van der Waals surface area contributed by atoms with Gasteiger partial charge in [0.1, 0.15) is 0 Å². The molecule has 2 fully saturated rings. The van der Waals surface area contributed by atoms with E-state index in [1.54, 1.807) is 0 Å². The number of hydrogen-bond acceptors (Lipinski definition) is 1. The van der Waals surface area contributed by atoms with Crippen LogP contribution >= 0.6 is 15.9 Å². The lowest BCUT2D eigenvalue weighted by Crippen LogP contribution is -2.44. The van der Waals surface area contributed by atoms with Crippen molar-refractivity contribution in [2.75, 3.05) is 11.9 Å². The van der Waals surface area contributed by atoms with Gasteiger partial charge in [-0.25, -0.2) is 0 Å². The van der Waals surface area contributed by atoms with Crippen molar-refractivity contribution >= 4 is 21.8 Å². The molecule has 1 aliphatic heterocycles. The molecule has 1 aliphatic carbocycles. The lowest BCUT2D eigenvalue weighted by molar-refractivity contribution is -0.134. The van der Waals surface area contributed by atoms with E-state index >= 15 is 0 Å². The highest BCUT2D eigenvalue weighted by molar-refractivity contribution is 9.09. The lowest BCUT2D eigenvalue weighted by Gasteiger charge is -2.35. The minimum Gasteiger partial charge on any atom is -0.339 e. The number of likely N-dealkylation sites (tertiary alicyclic amines) is 1. The number of hydrogen-bond donors (Lipinski definition) is 0. The third-order valence-corrected chi connectivity index (χ3v) is 5.11. The van der Waals surface area contributed by atoms with Crippen molar-refractivity contribution in [3.05, 3.63) is 0 Å². The fourth-order valence-corrected chi connectivity index (χ4v) is 3.93. The van der Waals surface area contributed by atoms with E-state index in [4.69, 9.17) is 0 Å². The summed E-state index contributed by atoms with van der Waals surface area (Å²) in [6.07, 6.45) is 11.0. The smallest absolute Gasteiger partial charge is 0.222 e. The van der Waals surface area contributed by atoms with Crippen molar-refractivity contribution in [3.63, 3.8) is 0 Å². The zero-order valence-corrected chi connectivity index (χ0v) is 12.3. The maximum Gasteiger partial charge on any atom is 0.222 e. The largest absolute Gasteiger partial charge is 0.339 e. The van der Waals surface area contributed by atoms with Gasteiger partial charge in [-0.15, -0.1) is 0 Å². The first kappa shape index (κ1) is 13.4. The van der Waals surface area contributed by atoms with Crippen LogP contribution in [-0.4, -0.2) is 28.7 Å². The van der Waals surface area contributed by atoms with Crippen molar-refractivity contribution in [3.8, 4) is 0 Å². The maximum absolute atomic E-state index is 12.2. The summed E-state index contributed by atoms with van der Waals surface area (Å²) in [6, 6.07) is 0.458. The second kappa shape index (κ2) is 6.77. The van der Waals surface area contributed by atoms with Crippen LogP contribution in [0.2, 0.25) is 0 Å². The van der Waals surface area contributed by atoms with Crippen LogP contribution in [0.15, 0.2) is 0 Å². The Morgan fingerprint density at radius 1 is 1.12 bits per heavy atom. The SMILES string of the molecule is O=C(CCC1CCCC1)N1CCCCC1CBr. The van der Waals surface area contributed by atoms with Crippen molar-refractivity contribution in [2.24, 2.45) is 5.92 Å². The van der Waals surface area contributed by atoms with Crippen molar-refractivity contribution < 1.29 is 4.79 Å². The van der Waals surface area contributed by atoms with Gasteiger partial charge < -0.3 is 4.90 Å². The first-order valence-corrected chi connectivity index (χ1v) is 8.29. The minimum absolute atomic E-state index is 0.404. The average Bonchev–Trinajstić information content (AvgIpc) is 2.89.